The predicted molar refractivity (Wildman–Crippen MR) is 108 cm³/mol. The van der Waals surface area contributed by atoms with Crippen LogP contribution in [0.5, 0.6) is 0 Å². The molecule has 1 aromatic carbocycles. The van der Waals surface area contributed by atoms with Gasteiger partial charge in [-0.2, -0.15) is 0 Å². The Bertz CT molecular complexity index is 613. The number of hydrogen-bond donors (Lipinski definition) is 2. The fourth-order valence-electron chi connectivity index (χ4n) is 1.99. The molecule has 22 heavy (non-hydrogen) atoms. The van der Waals surface area contributed by atoms with Crippen LogP contribution < -0.4 is 10.6 Å². The van der Waals surface area contributed by atoms with E-state index in [4.69, 9.17) is 11.6 Å². The number of rotatable bonds is 5. The highest BCUT2D eigenvalue weighted by molar-refractivity contribution is 14.0. The highest BCUT2D eigenvalue weighted by Gasteiger charge is 2.00. The third-order valence-electron chi connectivity index (χ3n) is 3.04. The van der Waals surface area contributed by atoms with E-state index in [1.165, 1.54) is 15.3 Å². The average molecular weight is 450 g/mol. The SMILES string of the molecule is CN=C(NCCc1cccc(Cl)c1)NCc1ccc(C)s1.I. The van der Waals surface area contributed by atoms with Crippen LogP contribution in [0.25, 0.3) is 0 Å². The second-order valence-electron chi connectivity index (χ2n) is 4.74. The lowest BCUT2D eigenvalue weighted by molar-refractivity contribution is 0.799. The maximum absolute atomic E-state index is 5.98. The molecule has 0 unspecified atom stereocenters. The van der Waals surface area contributed by atoms with Crippen LogP contribution in [0.3, 0.4) is 0 Å². The van der Waals surface area contributed by atoms with Crippen LogP contribution >= 0.6 is 46.9 Å². The fourth-order valence-corrected chi connectivity index (χ4v) is 3.03. The van der Waals surface area contributed by atoms with Crippen LogP contribution in [0.1, 0.15) is 15.3 Å². The van der Waals surface area contributed by atoms with Crippen molar-refractivity contribution in [3.8, 4) is 0 Å². The first kappa shape index (κ1) is 19.3. The molecule has 2 N–H and O–H groups in total. The van der Waals surface area contributed by atoms with E-state index in [9.17, 15) is 0 Å². The number of nitrogens with one attached hydrogen (secondary N) is 2. The summed E-state index contributed by atoms with van der Waals surface area (Å²) in [5.74, 6) is 0.822. The molecule has 0 amide bonds. The largest absolute Gasteiger partial charge is 0.356 e. The number of thiophene rings is 1. The van der Waals surface area contributed by atoms with Gasteiger partial charge in [0, 0.05) is 28.4 Å². The van der Waals surface area contributed by atoms with E-state index in [0.29, 0.717) is 0 Å². The van der Waals surface area contributed by atoms with Gasteiger partial charge < -0.3 is 10.6 Å². The van der Waals surface area contributed by atoms with Crippen LogP contribution in [0.4, 0.5) is 0 Å². The van der Waals surface area contributed by atoms with Gasteiger partial charge in [-0.1, -0.05) is 23.7 Å². The molecule has 0 radical (unpaired) electrons. The Balaban J connectivity index is 0.00000242. The molecule has 0 saturated heterocycles. The number of guanidine groups is 1. The maximum atomic E-state index is 5.98. The van der Waals surface area contributed by atoms with E-state index in [1.807, 2.05) is 18.2 Å². The zero-order chi connectivity index (χ0) is 15.1. The number of aliphatic imine (C=N–C) groups is 1. The molecule has 0 aliphatic rings. The van der Waals surface area contributed by atoms with E-state index in [1.54, 1.807) is 18.4 Å². The molecular weight excluding hydrogens is 429 g/mol. The Morgan fingerprint density at radius 1 is 1.23 bits per heavy atom. The monoisotopic (exact) mass is 449 g/mol. The minimum atomic E-state index is 0. The van der Waals surface area contributed by atoms with Gasteiger partial charge in [0.25, 0.3) is 0 Å². The molecule has 1 aromatic heterocycles. The summed E-state index contributed by atoms with van der Waals surface area (Å²) < 4.78 is 0. The summed E-state index contributed by atoms with van der Waals surface area (Å²) in [7, 11) is 1.79. The second-order valence-corrected chi connectivity index (χ2v) is 6.55. The maximum Gasteiger partial charge on any atom is 0.191 e. The van der Waals surface area contributed by atoms with Gasteiger partial charge in [-0.15, -0.1) is 35.3 Å². The van der Waals surface area contributed by atoms with Gasteiger partial charge in [0.05, 0.1) is 6.54 Å². The second kappa shape index (κ2) is 10.1. The smallest absolute Gasteiger partial charge is 0.191 e. The summed E-state index contributed by atoms with van der Waals surface area (Å²) in [4.78, 5) is 6.87. The Kier molecular flexibility index (Phi) is 8.82. The molecule has 3 nitrogen and oxygen atoms in total. The molecule has 2 aromatic rings. The van der Waals surface area contributed by atoms with Gasteiger partial charge in [-0.05, 0) is 43.2 Å². The van der Waals surface area contributed by atoms with Crippen molar-refractivity contribution in [3.63, 3.8) is 0 Å². The zero-order valence-electron chi connectivity index (χ0n) is 12.7. The summed E-state index contributed by atoms with van der Waals surface area (Å²) in [6.07, 6.45) is 0.916. The summed E-state index contributed by atoms with van der Waals surface area (Å²) in [5.41, 5.74) is 1.22. The van der Waals surface area contributed by atoms with Crippen LogP contribution in [0.15, 0.2) is 41.4 Å². The minimum absolute atomic E-state index is 0. The van der Waals surface area contributed by atoms with Crippen LogP contribution in [0.2, 0.25) is 5.02 Å². The Labute approximate surface area is 158 Å². The van der Waals surface area contributed by atoms with E-state index in [-0.39, 0.29) is 24.0 Å². The topological polar surface area (TPSA) is 36.4 Å². The molecule has 1 heterocycles. The molecule has 120 valence electrons. The average Bonchev–Trinajstić information content (AvgIpc) is 2.88. The van der Waals surface area contributed by atoms with Crippen LogP contribution in [-0.2, 0) is 13.0 Å². The third kappa shape index (κ3) is 6.54. The van der Waals surface area contributed by atoms with Crippen molar-refractivity contribution in [2.75, 3.05) is 13.6 Å². The normalized spacial score (nSPS) is 11.0. The fraction of sp³-hybridized carbons (Fsp3) is 0.312. The van der Waals surface area contributed by atoms with Crippen molar-refractivity contribution in [3.05, 3.63) is 56.7 Å². The minimum Gasteiger partial charge on any atom is -0.356 e. The lowest BCUT2D eigenvalue weighted by Crippen LogP contribution is -2.37. The quantitative estimate of drug-likeness (QED) is 0.407. The molecular formula is C16H21ClIN3S. The van der Waals surface area contributed by atoms with Crippen LogP contribution in [-0.4, -0.2) is 19.6 Å². The van der Waals surface area contributed by atoms with E-state index in [0.717, 1.165) is 30.5 Å². The van der Waals surface area contributed by atoms with Crippen molar-refractivity contribution in [1.29, 1.82) is 0 Å². The molecule has 0 aliphatic carbocycles. The molecule has 6 heteroatoms. The van der Waals surface area contributed by atoms with E-state index in [2.05, 4.69) is 40.7 Å². The highest BCUT2D eigenvalue weighted by atomic mass is 127. The van der Waals surface area contributed by atoms with Crippen molar-refractivity contribution >= 4 is 52.9 Å². The van der Waals surface area contributed by atoms with Crippen molar-refractivity contribution in [2.24, 2.45) is 4.99 Å². The van der Waals surface area contributed by atoms with Crippen molar-refractivity contribution in [2.45, 2.75) is 19.9 Å². The van der Waals surface area contributed by atoms with Gasteiger partial charge in [0.2, 0.25) is 0 Å². The summed E-state index contributed by atoms with van der Waals surface area (Å²) >= 11 is 7.78. The summed E-state index contributed by atoms with van der Waals surface area (Å²) in [5, 5.41) is 7.42. The zero-order valence-corrected chi connectivity index (χ0v) is 16.6. The first-order valence-corrected chi connectivity index (χ1v) is 8.11. The molecule has 0 bridgehead atoms. The highest BCUT2D eigenvalue weighted by Crippen LogP contribution is 2.14. The third-order valence-corrected chi connectivity index (χ3v) is 4.28. The van der Waals surface area contributed by atoms with Crippen molar-refractivity contribution in [1.82, 2.24) is 10.6 Å². The predicted octanol–water partition coefficient (Wildman–Crippen LogP) is 4.24. The standard InChI is InChI=1S/C16H20ClN3S.HI/c1-12-6-7-15(21-12)11-20-16(18-2)19-9-8-13-4-3-5-14(17)10-13;/h3-7,10H,8-9,11H2,1-2H3,(H2,18,19,20);1H. The first-order chi connectivity index (χ1) is 10.2. The van der Waals surface area contributed by atoms with Gasteiger partial charge in [-0.25, -0.2) is 0 Å². The van der Waals surface area contributed by atoms with E-state index < -0.39 is 0 Å². The molecule has 0 fully saturated rings. The van der Waals surface area contributed by atoms with Gasteiger partial charge in [0.15, 0.2) is 5.96 Å². The molecule has 0 aliphatic heterocycles. The summed E-state index contributed by atoms with van der Waals surface area (Å²) in [6, 6.07) is 12.2. The van der Waals surface area contributed by atoms with Gasteiger partial charge in [0.1, 0.15) is 0 Å². The number of aryl methyl sites for hydroxylation is 1. The number of nitrogens with zero attached hydrogens (tertiary/aromatic N) is 1. The molecule has 0 spiro atoms. The Hall–Kier alpha value is -0.790. The van der Waals surface area contributed by atoms with Crippen LogP contribution in [0, 0.1) is 6.92 Å². The van der Waals surface area contributed by atoms with Gasteiger partial charge in [-0.3, -0.25) is 4.99 Å². The Morgan fingerprint density at radius 3 is 2.68 bits per heavy atom. The van der Waals surface area contributed by atoms with Crippen molar-refractivity contribution < 1.29 is 0 Å². The molecule has 2 rings (SSSR count). The van der Waals surface area contributed by atoms with Gasteiger partial charge >= 0.3 is 0 Å². The number of benzene rings is 1. The summed E-state index contributed by atoms with van der Waals surface area (Å²) in [6.45, 7) is 3.74. The lowest BCUT2D eigenvalue weighted by Gasteiger charge is -2.11. The van der Waals surface area contributed by atoms with E-state index >= 15 is 0 Å². The lowest BCUT2D eigenvalue weighted by atomic mass is 10.1. The molecule has 0 saturated carbocycles. The Morgan fingerprint density at radius 2 is 2.05 bits per heavy atom. The number of hydrogen-bond acceptors (Lipinski definition) is 2. The first-order valence-electron chi connectivity index (χ1n) is 6.91. The molecule has 0 atom stereocenters. The number of halogens is 2.